The minimum atomic E-state index is 0.329. The van der Waals surface area contributed by atoms with Crippen LogP contribution in [0.1, 0.15) is 26.7 Å². The monoisotopic (exact) mass is 202 g/mol. The maximum absolute atomic E-state index is 5.92. The SMILES string of the molecule is CCCN(CC)C1(CN)CCSC1. The number of nitrogens with two attached hydrogens (primary N) is 1. The van der Waals surface area contributed by atoms with Gasteiger partial charge >= 0.3 is 0 Å². The highest BCUT2D eigenvalue weighted by atomic mass is 32.2. The molecule has 0 aromatic carbocycles. The summed E-state index contributed by atoms with van der Waals surface area (Å²) >= 11 is 2.05. The highest BCUT2D eigenvalue weighted by molar-refractivity contribution is 7.99. The first kappa shape index (κ1) is 11.3. The molecule has 0 radical (unpaired) electrons. The van der Waals surface area contributed by atoms with Crippen LogP contribution in [0.4, 0.5) is 0 Å². The Morgan fingerprint density at radius 2 is 2.23 bits per heavy atom. The fraction of sp³-hybridized carbons (Fsp3) is 1.00. The van der Waals surface area contributed by atoms with Crippen molar-refractivity contribution >= 4 is 11.8 Å². The zero-order valence-electron chi connectivity index (χ0n) is 8.88. The van der Waals surface area contributed by atoms with Crippen LogP contribution in [-0.4, -0.2) is 41.6 Å². The molecule has 0 bridgehead atoms. The first-order valence-electron chi connectivity index (χ1n) is 5.32. The summed E-state index contributed by atoms with van der Waals surface area (Å²) in [5.74, 6) is 2.52. The van der Waals surface area contributed by atoms with Gasteiger partial charge < -0.3 is 5.73 Å². The number of hydrogen-bond acceptors (Lipinski definition) is 3. The van der Waals surface area contributed by atoms with Crippen LogP contribution in [0.3, 0.4) is 0 Å². The van der Waals surface area contributed by atoms with Gasteiger partial charge in [-0.25, -0.2) is 0 Å². The summed E-state index contributed by atoms with van der Waals surface area (Å²) in [7, 11) is 0. The molecule has 1 rings (SSSR count). The lowest BCUT2D eigenvalue weighted by atomic mass is 9.96. The standard InChI is InChI=1S/C10H22N2S/c1-3-6-12(4-2)10(8-11)5-7-13-9-10/h3-9,11H2,1-2H3. The summed E-state index contributed by atoms with van der Waals surface area (Å²) in [4.78, 5) is 2.58. The van der Waals surface area contributed by atoms with Gasteiger partial charge in [-0.3, -0.25) is 4.90 Å². The molecule has 1 heterocycles. The maximum atomic E-state index is 5.92. The van der Waals surface area contributed by atoms with Gasteiger partial charge in [0.05, 0.1) is 0 Å². The molecule has 3 heteroatoms. The quantitative estimate of drug-likeness (QED) is 0.733. The van der Waals surface area contributed by atoms with Crippen LogP contribution in [-0.2, 0) is 0 Å². The van der Waals surface area contributed by atoms with Gasteiger partial charge in [0.15, 0.2) is 0 Å². The summed E-state index contributed by atoms with van der Waals surface area (Å²) in [5.41, 5.74) is 6.25. The molecule has 2 N–H and O–H groups in total. The Hall–Kier alpha value is 0.270. The van der Waals surface area contributed by atoms with E-state index in [1.54, 1.807) is 0 Å². The van der Waals surface area contributed by atoms with Crippen molar-refractivity contribution in [1.82, 2.24) is 4.90 Å². The van der Waals surface area contributed by atoms with E-state index >= 15 is 0 Å². The van der Waals surface area contributed by atoms with Gasteiger partial charge in [0.2, 0.25) is 0 Å². The normalized spacial score (nSPS) is 28.6. The van der Waals surface area contributed by atoms with Crippen molar-refractivity contribution in [3.8, 4) is 0 Å². The second-order valence-corrected chi connectivity index (χ2v) is 4.92. The summed E-state index contributed by atoms with van der Waals surface area (Å²) in [5, 5.41) is 0. The summed E-state index contributed by atoms with van der Waals surface area (Å²) in [6.07, 6.45) is 2.52. The fourth-order valence-electron chi connectivity index (χ4n) is 2.14. The molecule has 2 nitrogen and oxygen atoms in total. The van der Waals surface area contributed by atoms with Gasteiger partial charge in [-0.1, -0.05) is 13.8 Å². The maximum Gasteiger partial charge on any atom is 0.0429 e. The van der Waals surface area contributed by atoms with Crippen molar-refractivity contribution in [1.29, 1.82) is 0 Å². The number of nitrogens with zero attached hydrogens (tertiary/aromatic N) is 1. The Morgan fingerprint density at radius 3 is 2.62 bits per heavy atom. The van der Waals surface area contributed by atoms with E-state index in [-0.39, 0.29) is 0 Å². The minimum absolute atomic E-state index is 0.329. The van der Waals surface area contributed by atoms with Gasteiger partial charge in [-0.05, 0) is 31.7 Å². The molecule has 0 amide bonds. The predicted molar refractivity (Wildman–Crippen MR) is 61.3 cm³/mol. The van der Waals surface area contributed by atoms with E-state index in [4.69, 9.17) is 5.73 Å². The second kappa shape index (κ2) is 5.23. The topological polar surface area (TPSA) is 29.3 Å². The van der Waals surface area contributed by atoms with Crippen molar-refractivity contribution < 1.29 is 0 Å². The van der Waals surface area contributed by atoms with Crippen LogP contribution in [0.25, 0.3) is 0 Å². The number of rotatable bonds is 5. The van der Waals surface area contributed by atoms with Crippen LogP contribution < -0.4 is 5.73 Å². The Balaban J connectivity index is 2.60. The molecule has 1 fully saturated rings. The van der Waals surface area contributed by atoms with Gasteiger partial charge in [0.25, 0.3) is 0 Å². The van der Waals surface area contributed by atoms with E-state index in [1.165, 1.54) is 30.9 Å². The van der Waals surface area contributed by atoms with Crippen molar-refractivity contribution in [2.24, 2.45) is 5.73 Å². The summed E-state index contributed by atoms with van der Waals surface area (Å²) < 4.78 is 0. The molecule has 1 unspecified atom stereocenters. The zero-order valence-corrected chi connectivity index (χ0v) is 9.70. The van der Waals surface area contributed by atoms with Crippen LogP contribution in [0.2, 0.25) is 0 Å². The van der Waals surface area contributed by atoms with Gasteiger partial charge in [0.1, 0.15) is 0 Å². The number of hydrogen-bond donors (Lipinski definition) is 1. The predicted octanol–water partition coefficient (Wildman–Crippen LogP) is 1.55. The molecule has 0 saturated carbocycles. The molecule has 0 aromatic heterocycles. The molecule has 0 aliphatic carbocycles. The van der Waals surface area contributed by atoms with Crippen molar-refractivity contribution in [3.63, 3.8) is 0 Å². The lowest BCUT2D eigenvalue weighted by Gasteiger charge is -2.39. The Morgan fingerprint density at radius 1 is 1.46 bits per heavy atom. The Labute approximate surface area is 86.2 Å². The lowest BCUT2D eigenvalue weighted by Crippen LogP contribution is -2.54. The van der Waals surface area contributed by atoms with E-state index in [9.17, 15) is 0 Å². The van der Waals surface area contributed by atoms with E-state index < -0.39 is 0 Å². The van der Waals surface area contributed by atoms with Crippen LogP contribution in [0.15, 0.2) is 0 Å². The summed E-state index contributed by atoms with van der Waals surface area (Å²) in [6, 6.07) is 0. The van der Waals surface area contributed by atoms with Gasteiger partial charge in [-0.15, -0.1) is 0 Å². The molecule has 1 aliphatic heterocycles. The third-order valence-corrected chi connectivity index (χ3v) is 4.24. The highest BCUT2D eigenvalue weighted by Gasteiger charge is 2.37. The average molecular weight is 202 g/mol. The minimum Gasteiger partial charge on any atom is -0.329 e. The van der Waals surface area contributed by atoms with E-state index in [1.807, 2.05) is 0 Å². The Bertz CT molecular complexity index is 144. The first-order valence-corrected chi connectivity index (χ1v) is 6.47. The van der Waals surface area contributed by atoms with Crippen LogP contribution in [0, 0.1) is 0 Å². The second-order valence-electron chi connectivity index (χ2n) is 3.81. The van der Waals surface area contributed by atoms with E-state index in [0.717, 1.165) is 13.1 Å². The third-order valence-electron chi connectivity index (χ3n) is 3.01. The van der Waals surface area contributed by atoms with Crippen molar-refractivity contribution in [3.05, 3.63) is 0 Å². The molecular formula is C10H22N2S. The van der Waals surface area contributed by atoms with Crippen molar-refractivity contribution in [2.45, 2.75) is 32.2 Å². The molecule has 1 aliphatic rings. The number of likely N-dealkylation sites (N-methyl/N-ethyl adjacent to an activating group) is 1. The molecule has 0 spiro atoms. The lowest BCUT2D eigenvalue weighted by molar-refractivity contribution is 0.124. The fourth-order valence-corrected chi connectivity index (χ4v) is 3.63. The van der Waals surface area contributed by atoms with E-state index in [2.05, 4.69) is 30.5 Å². The molecule has 78 valence electrons. The summed E-state index contributed by atoms with van der Waals surface area (Å²) in [6.45, 7) is 7.67. The largest absolute Gasteiger partial charge is 0.329 e. The zero-order chi connectivity index (χ0) is 9.73. The van der Waals surface area contributed by atoms with Gasteiger partial charge in [-0.2, -0.15) is 11.8 Å². The van der Waals surface area contributed by atoms with E-state index in [0.29, 0.717) is 5.54 Å². The van der Waals surface area contributed by atoms with Crippen LogP contribution >= 0.6 is 11.8 Å². The molecule has 13 heavy (non-hydrogen) atoms. The Kier molecular flexibility index (Phi) is 4.56. The molecule has 1 atom stereocenters. The molecular weight excluding hydrogens is 180 g/mol. The highest BCUT2D eigenvalue weighted by Crippen LogP contribution is 2.32. The molecule has 0 aromatic rings. The third kappa shape index (κ3) is 2.39. The van der Waals surface area contributed by atoms with Crippen molar-refractivity contribution in [2.75, 3.05) is 31.1 Å². The first-order chi connectivity index (χ1) is 6.29. The average Bonchev–Trinajstić information content (AvgIpc) is 2.63. The smallest absolute Gasteiger partial charge is 0.0429 e. The molecule has 1 saturated heterocycles. The van der Waals surface area contributed by atoms with Gasteiger partial charge in [0, 0.05) is 17.8 Å². The number of thioether (sulfide) groups is 1. The van der Waals surface area contributed by atoms with Crippen LogP contribution in [0.5, 0.6) is 0 Å².